The molecule has 1 nitrogen and oxygen atoms in total. The highest BCUT2D eigenvalue weighted by Gasteiger charge is 2.39. The van der Waals surface area contributed by atoms with Crippen LogP contribution in [0.4, 0.5) is 0 Å². The van der Waals surface area contributed by atoms with Crippen molar-refractivity contribution in [2.45, 2.75) is 45.4 Å². The number of rotatable bonds is 3. The Bertz CT molecular complexity index is 425. The van der Waals surface area contributed by atoms with Gasteiger partial charge in [0, 0.05) is 0 Å². The molecular formula is C16H23ClO. The second-order valence-corrected chi connectivity index (χ2v) is 6.58. The second kappa shape index (κ2) is 5.13. The number of ether oxygens (including phenoxy) is 1. The standard InChI is InChI=1S/C16H23ClO/c1-11-10-12(18-4)7-8-13(11)15(17)14-6-5-9-16(14,2)3/h7-8,10,14-15H,5-6,9H2,1-4H3. The summed E-state index contributed by atoms with van der Waals surface area (Å²) in [5, 5.41) is 0.119. The monoisotopic (exact) mass is 266 g/mol. The molecule has 1 saturated carbocycles. The molecule has 2 heteroatoms. The lowest BCUT2D eigenvalue weighted by atomic mass is 9.77. The van der Waals surface area contributed by atoms with Crippen LogP contribution in [0.3, 0.4) is 0 Å². The van der Waals surface area contributed by atoms with E-state index in [-0.39, 0.29) is 5.38 Å². The minimum absolute atomic E-state index is 0.119. The maximum absolute atomic E-state index is 6.76. The summed E-state index contributed by atoms with van der Waals surface area (Å²) in [4.78, 5) is 0. The summed E-state index contributed by atoms with van der Waals surface area (Å²) in [7, 11) is 1.70. The number of methoxy groups -OCH3 is 1. The van der Waals surface area contributed by atoms with Crippen LogP contribution in [0.2, 0.25) is 0 Å². The molecule has 100 valence electrons. The molecule has 0 aromatic heterocycles. The molecular weight excluding hydrogens is 244 g/mol. The largest absolute Gasteiger partial charge is 0.497 e. The number of alkyl halides is 1. The fourth-order valence-corrected chi connectivity index (χ4v) is 3.91. The third kappa shape index (κ3) is 2.51. The van der Waals surface area contributed by atoms with Crippen molar-refractivity contribution in [3.63, 3.8) is 0 Å². The van der Waals surface area contributed by atoms with E-state index in [0.717, 1.165) is 5.75 Å². The molecule has 1 aromatic carbocycles. The van der Waals surface area contributed by atoms with Gasteiger partial charge in [-0.3, -0.25) is 0 Å². The summed E-state index contributed by atoms with van der Waals surface area (Å²) in [5.41, 5.74) is 2.85. The first-order valence-electron chi connectivity index (χ1n) is 6.74. The van der Waals surface area contributed by atoms with Gasteiger partial charge in [0.05, 0.1) is 12.5 Å². The molecule has 2 atom stereocenters. The fourth-order valence-electron chi connectivity index (χ4n) is 3.20. The fraction of sp³-hybridized carbons (Fsp3) is 0.625. The molecule has 2 unspecified atom stereocenters. The van der Waals surface area contributed by atoms with Crippen molar-refractivity contribution in [2.75, 3.05) is 7.11 Å². The zero-order valence-corrected chi connectivity index (χ0v) is 12.6. The number of benzene rings is 1. The number of aryl methyl sites for hydroxylation is 1. The van der Waals surface area contributed by atoms with E-state index in [9.17, 15) is 0 Å². The summed E-state index contributed by atoms with van der Waals surface area (Å²) in [6.45, 7) is 6.81. The molecule has 0 amide bonds. The molecule has 1 fully saturated rings. The van der Waals surface area contributed by atoms with Gasteiger partial charge in [0.1, 0.15) is 5.75 Å². The molecule has 18 heavy (non-hydrogen) atoms. The topological polar surface area (TPSA) is 9.23 Å². The smallest absolute Gasteiger partial charge is 0.119 e. The lowest BCUT2D eigenvalue weighted by Gasteiger charge is -2.31. The minimum Gasteiger partial charge on any atom is -0.497 e. The van der Waals surface area contributed by atoms with Gasteiger partial charge in [-0.05, 0) is 54.4 Å². The van der Waals surface area contributed by atoms with Gasteiger partial charge in [-0.25, -0.2) is 0 Å². The minimum atomic E-state index is 0.119. The Morgan fingerprint density at radius 3 is 2.61 bits per heavy atom. The maximum Gasteiger partial charge on any atom is 0.119 e. The molecule has 0 bridgehead atoms. The van der Waals surface area contributed by atoms with Gasteiger partial charge < -0.3 is 4.74 Å². The predicted molar refractivity (Wildman–Crippen MR) is 77.4 cm³/mol. The van der Waals surface area contributed by atoms with Crippen LogP contribution in [-0.4, -0.2) is 7.11 Å². The van der Waals surface area contributed by atoms with Crippen molar-refractivity contribution in [3.8, 4) is 5.75 Å². The first kappa shape index (κ1) is 13.7. The van der Waals surface area contributed by atoms with Gasteiger partial charge in [0.25, 0.3) is 0 Å². The second-order valence-electron chi connectivity index (χ2n) is 6.11. The first-order valence-corrected chi connectivity index (χ1v) is 7.18. The maximum atomic E-state index is 6.76. The summed E-state index contributed by atoms with van der Waals surface area (Å²) in [5.74, 6) is 1.48. The Morgan fingerprint density at radius 1 is 1.39 bits per heavy atom. The van der Waals surface area contributed by atoms with E-state index in [2.05, 4.69) is 32.9 Å². The molecule has 0 heterocycles. The zero-order valence-electron chi connectivity index (χ0n) is 11.8. The van der Waals surface area contributed by atoms with Crippen molar-refractivity contribution in [2.24, 2.45) is 11.3 Å². The van der Waals surface area contributed by atoms with Crippen molar-refractivity contribution in [1.82, 2.24) is 0 Å². The molecule has 0 saturated heterocycles. The number of halogens is 1. The summed E-state index contributed by atoms with van der Waals surface area (Å²) < 4.78 is 5.25. The molecule has 0 aliphatic heterocycles. The van der Waals surface area contributed by atoms with Crippen molar-refractivity contribution in [1.29, 1.82) is 0 Å². The van der Waals surface area contributed by atoms with E-state index in [1.54, 1.807) is 7.11 Å². The Kier molecular flexibility index (Phi) is 3.91. The van der Waals surface area contributed by atoms with Crippen LogP contribution in [0.25, 0.3) is 0 Å². The molecule has 0 radical (unpaired) electrons. The van der Waals surface area contributed by atoms with Gasteiger partial charge in [0.15, 0.2) is 0 Å². The van der Waals surface area contributed by atoms with E-state index in [1.165, 1.54) is 30.4 Å². The molecule has 1 aliphatic rings. The number of hydrogen-bond acceptors (Lipinski definition) is 1. The molecule has 1 aromatic rings. The highest BCUT2D eigenvalue weighted by atomic mass is 35.5. The van der Waals surface area contributed by atoms with E-state index in [1.807, 2.05) is 6.07 Å². The van der Waals surface area contributed by atoms with Crippen LogP contribution in [0, 0.1) is 18.3 Å². The van der Waals surface area contributed by atoms with Crippen LogP contribution in [0.5, 0.6) is 5.75 Å². The highest BCUT2D eigenvalue weighted by Crippen LogP contribution is 2.51. The van der Waals surface area contributed by atoms with Gasteiger partial charge in [-0.2, -0.15) is 0 Å². The Labute approximate surface area is 115 Å². The average Bonchev–Trinajstić information content (AvgIpc) is 2.68. The van der Waals surface area contributed by atoms with Gasteiger partial charge in [0.2, 0.25) is 0 Å². The Hall–Kier alpha value is -0.690. The van der Waals surface area contributed by atoms with Gasteiger partial charge in [-0.1, -0.05) is 26.3 Å². The van der Waals surface area contributed by atoms with Crippen molar-refractivity contribution >= 4 is 11.6 Å². The van der Waals surface area contributed by atoms with E-state index in [0.29, 0.717) is 11.3 Å². The van der Waals surface area contributed by atoms with Crippen molar-refractivity contribution < 1.29 is 4.74 Å². The highest BCUT2D eigenvalue weighted by molar-refractivity contribution is 6.21. The summed E-state index contributed by atoms with van der Waals surface area (Å²) in [6.07, 6.45) is 3.83. The van der Waals surface area contributed by atoms with Crippen molar-refractivity contribution in [3.05, 3.63) is 29.3 Å². The SMILES string of the molecule is COc1ccc(C(Cl)C2CCCC2(C)C)c(C)c1. The van der Waals surface area contributed by atoms with Gasteiger partial charge >= 0.3 is 0 Å². The average molecular weight is 267 g/mol. The first-order chi connectivity index (χ1) is 8.45. The normalized spacial score (nSPS) is 23.9. The Balaban J connectivity index is 2.26. The lowest BCUT2D eigenvalue weighted by molar-refractivity contribution is 0.252. The molecule has 0 spiro atoms. The summed E-state index contributed by atoms with van der Waals surface area (Å²) >= 11 is 6.76. The lowest BCUT2D eigenvalue weighted by Crippen LogP contribution is -2.22. The predicted octanol–water partition coefficient (Wildman–Crippen LogP) is 5.11. The molecule has 1 aliphatic carbocycles. The molecule has 0 N–H and O–H groups in total. The third-order valence-corrected chi connectivity index (χ3v) is 5.01. The van der Waals surface area contributed by atoms with E-state index in [4.69, 9.17) is 16.3 Å². The van der Waals surface area contributed by atoms with Crippen LogP contribution in [0.1, 0.15) is 49.6 Å². The van der Waals surface area contributed by atoms with Crippen LogP contribution in [0.15, 0.2) is 18.2 Å². The quantitative estimate of drug-likeness (QED) is 0.691. The van der Waals surface area contributed by atoms with E-state index >= 15 is 0 Å². The zero-order chi connectivity index (χ0) is 13.3. The van der Waals surface area contributed by atoms with Crippen LogP contribution < -0.4 is 4.74 Å². The number of hydrogen-bond donors (Lipinski definition) is 0. The third-order valence-electron chi connectivity index (χ3n) is 4.47. The van der Waals surface area contributed by atoms with Gasteiger partial charge in [-0.15, -0.1) is 11.6 Å². The Morgan fingerprint density at radius 2 is 2.11 bits per heavy atom. The van der Waals surface area contributed by atoms with Crippen LogP contribution in [-0.2, 0) is 0 Å². The van der Waals surface area contributed by atoms with Crippen LogP contribution >= 0.6 is 11.6 Å². The molecule has 2 rings (SSSR count). The van der Waals surface area contributed by atoms with E-state index < -0.39 is 0 Å². The summed E-state index contributed by atoms with van der Waals surface area (Å²) in [6, 6.07) is 6.21.